The summed E-state index contributed by atoms with van der Waals surface area (Å²) in [4.78, 5) is 15.8. The Morgan fingerprint density at radius 2 is 2.21 bits per heavy atom. The second kappa shape index (κ2) is 8.34. The Hall–Kier alpha value is -1.78. The molecule has 0 saturated carbocycles. The van der Waals surface area contributed by atoms with E-state index in [0.29, 0.717) is 25.5 Å². The fraction of sp³-hybridized carbons (Fsp3) is 0.571. The molecular formula is C14H23N3O2. The number of nitrogens with zero attached hydrogens (tertiary/aromatic N) is 1. The predicted molar refractivity (Wildman–Crippen MR) is 76.4 cm³/mol. The Bertz CT molecular complexity index is 396. The smallest absolute Gasteiger partial charge is 0.221 e. The minimum Gasteiger partial charge on any atom is -0.478 e. The molecule has 5 heteroatoms. The highest BCUT2D eigenvalue weighted by Gasteiger charge is 2.05. The van der Waals surface area contributed by atoms with Gasteiger partial charge in [-0.25, -0.2) is 0 Å². The van der Waals surface area contributed by atoms with Crippen molar-refractivity contribution in [1.82, 2.24) is 10.3 Å². The number of amides is 1. The number of pyridine rings is 1. The highest BCUT2D eigenvalue weighted by atomic mass is 16.5. The number of anilines is 1. The number of aromatic nitrogens is 1. The van der Waals surface area contributed by atoms with Crippen LogP contribution in [0.2, 0.25) is 0 Å². The van der Waals surface area contributed by atoms with Crippen LogP contribution in [0.4, 0.5) is 5.82 Å². The summed E-state index contributed by atoms with van der Waals surface area (Å²) >= 11 is 0. The van der Waals surface area contributed by atoms with Gasteiger partial charge in [-0.15, -0.1) is 0 Å². The van der Waals surface area contributed by atoms with Crippen LogP contribution in [0.25, 0.3) is 0 Å². The quantitative estimate of drug-likeness (QED) is 0.756. The van der Waals surface area contributed by atoms with Crippen molar-refractivity contribution in [1.29, 1.82) is 0 Å². The zero-order chi connectivity index (χ0) is 14.1. The molecule has 1 atom stereocenters. The molecule has 0 aliphatic rings. The Labute approximate surface area is 114 Å². The molecule has 1 unspecified atom stereocenters. The number of rotatable bonds is 8. The van der Waals surface area contributed by atoms with Crippen LogP contribution < -0.4 is 15.4 Å². The monoisotopic (exact) mass is 265 g/mol. The molecule has 0 bridgehead atoms. The zero-order valence-corrected chi connectivity index (χ0v) is 11.9. The van der Waals surface area contributed by atoms with Gasteiger partial charge in [0.15, 0.2) is 0 Å². The van der Waals surface area contributed by atoms with Crippen molar-refractivity contribution in [2.24, 2.45) is 0 Å². The second-order valence-electron chi connectivity index (χ2n) is 4.35. The minimum absolute atomic E-state index is 0.0582. The Kier molecular flexibility index (Phi) is 6.71. The van der Waals surface area contributed by atoms with E-state index in [4.69, 9.17) is 4.74 Å². The van der Waals surface area contributed by atoms with Gasteiger partial charge in [0.2, 0.25) is 11.8 Å². The third kappa shape index (κ3) is 6.08. The molecule has 1 heterocycles. The first-order chi connectivity index (χ1) is 9.15. The van der Waals surface area contributed by atoms with Crippen molar-refractivity contribution in [2.75, 3.05) is 18.5 Å². The van der Waals surface area contributed by atoms with Crippen LogP contribution in [0.1, 0.15) is 33.6 Å². The summed E-state index contributed by atoms with van der Waals surface area (Å²) in [5.41, 5.74) is 0. The maximum Gasteiger partial charge on any atom is 0.221 e. The van der Waals surface area contributed by atoms with E-state index in [-0.39, 0.29) is 11.9 Å². The van der Waals surface area contributed by atoms with Gasteiger partial charge in [-0.2, -0.15) is 4.98 Å². The van der Waals surface area contributed by atoms with E-state index < -0.39 is 0 Å². The van der Waals surface area contributed by atoms with Gasteiger partial charge in [0.1, 0.15) is 5.82 Å². The van der Waals surface area contributed by atoms with Crippen LogP contribution in [0.5, 0.6) is 5.88 Å². The summed E-state index contributed by atoms with van der Waals surface area (Å²) in [5, 5.41) is 6.04. The average Bonchev–Trinajstić information content (AvgIpc) is 2.39. The van der Waals surface area contributed by atoms with Gasteiger partial charge in [0.05, 0.1) is 6.61 Å². The SMILES string of the molecule is CCOc1cccc(NCCC(=O)NC(C)CC)n1. The number of hydrogen-bond donors (Lipinski definition) is 2. The molecule has 0 aliphatic carbocycles. The van der Waals surface area contributed by atoms with Crippen molar-refractivity contribution in [2.45, 2.75) is 39.7 Å². The van der Waals surface area contributed by atoms with Crippen LogP contribution in [-0.2, 0) is 4.79 Å². The van der Waals surface area contributed by atoms with E-state index in [9.17, 15) is 4.79 Å². The van der Waals surface area contributed by atoms with E-state index in [2.05, 4.69) is 15.6 Å². The summed E-state index contributed by atoms with van der Waals surface area (Å²) in [6.07, 6.45) is 1.38. The first-order valence-electron chi connectivity index (χ1n) is 6.78. The van der Waals surface area contributed by atoms with Gasteiger partial charge in [-0.05, 0) is 26.3 Å². The largest absolute Gasteiger partial charge is 0.478 e. The number of ether oxygens (including phenoxy) is 1. The minimum atomic E-state index is 0.0582. The number of hydrogen-bond acceptors (Lipinski definition) is 4. The highest BCUT2D eigenvalue weighted by molar-refractivity contribution is 5.76. The van der Waals surface area contributed by atoms with Crippen molar-refractivity contribution in [3.05, 3.63) is 18.2 Å². The second-order valence-corrected chi connectivity index (χ2v) is 4.35. The lowest BCUT2D eigenvalue weighted by molar-refractivity contribution is -0.121. The lowest BCUT2D eigenvalue weighted by atomic mass is 10.2. The van der Waals surface area contributed by atoms with Gasteiger partial charge >= 0.3 is 0 Å². The standard InChI is InChI=1S/C14H23N3O2/c1-4-11(3)16-13(18)9-10-15-12-7-6-8-14(17-12)19-5-2/h6-8,11H,4-5,9-10H2,1-3H3,(H,15,17)(H,16,18). The Morgan fingerprint density at radius 3 is 2.89 bits per heavy atom. The summed E-state index contributed by atoms with van der Waals surface area (Å²) in [7, 11) is 0. The molecule has 0 saturated heterocycles. The van der Waals surface area contributed by atoms with Crippen molar-refractivity contribution in [3.8, 4) is 5.88 Å². The van der Waals surface area contributed by atoms with E-state index in [1.807, 2.05) is 39.0 Å². The first kappa shape index (κ1) is 15.3. The maximum atomic E-state index is 11.6. The van der Waals surface area contributed by atoms with Crippen molar-refractivity contribution < 1.29 is 9.53 Å². The Morgan fingerprint density at radius 1 is 1.42 bits per heavy atom. The van der Waals surface area contributed by atoms with Crippen LogP contribution >= 0.6 is 0 Å². The van der Waals surface area contributed by atoms with Gasteiger partial charge in [0, 0.05) is 25.1 Å². The summed E-state index contributed by atoms with van der Waals surface area (Å²) in [5.74, 6) is 1.38. The van der Waals surface area contributed by atoms with Crippen LogP contribution in [0, 0.1) is 0 Å². The van der Waals surface area contributed by atoms with E-state index >= 15 is 0 Å². The lowest BCUT2D eigenvalue weighted by Crippen LogP contribution is -2.32. The molecule has 106 valence electrons. The number of carbonyl (C=O) groups excluding carboxylic acids is 1. The summed E-state index contributed by atoms with van der Waals surface area (Å²) < 4.78 is 5.31. The molecule has 0 spiro atoms. The third-order valence-electron chi connectivity index (χ3n) is 2.69. The molecule has 1 aromatic heterocycles. The van der Waals surface area contributed by atoms with E-state index in [1.165, 1.54) is 0 Å². The van der Waals surface area contributed by atoms with Crippen LogP contribution in [0.15, 0.2) is 18.2 Å². The van der Waals surface area contributed by atoms with E-state index in [0.717, 1.165) is 12.2 Å². The fourth-order valence-corrected chi connectivity index (χ4v) is 1.49. The van der Waals surface area contributed by atoms with Crippen molar-refractivity contribution >= 4 is 11.7 Å². The first-order valence-corrected chi connectivity index (χ1v) is 6.78. The van der Waals surface area contributed by atoms with Gasteiger partial charge < -0.3 is 15.4 Å². The molecular weight excluding hydrogens is 242 g/mol. The van der Waals surface area contributed by atoms with Gasteiger partial charge in [-0.1, -0.05) is 13.0 Å². The lowest BCUT2D eigenvalue weighted by Gasteiger charge is -2.12. The number of carbonyl (C=O) groups is 1. The van der Waals surface area contributed by atoms with Gasteiger partial charge in [-0.3, -0.25) is 4.79 Å². The maximum absolute atomic E-state index is 11.6. The average molecular weight is 265 g/mol. The molecule has 1 rings (SSSR count). The molecule has 0 aromatic carbocycles. The van der Waals surface area contributed by atoms with Crippen LogP contribution in [0.3, 0.4) is 0 Å². The predicted octanol–water partition coefficient (Wildman–Crippen LogP) is 2.20. The van der Waals surface area contributed by atoms with Crippen LogP contribution in [-0.4, -0.2) is 30.1 Å². The fourth-order valence-electron chi connectivity index (χ4n) is 1.49. The molecule has 5 nitrogen and oxygen atoms in total. The molecule has 1 aromatic rings. The van der Waals surface area contributed by atoms with Gasteiger partial charge in [0.25, 0.3) is 0 Å². The topological polar surface area (TPSA) is 63.2 Å². The highest BCUT2D eigenvalue weighted by Crippen LogP contribution is 2.11. The normalized spacial score (nSPS) is 11.7. The molecule has 1 amide bonds. The van der Waals surface area contributed by atoms with Crippen molar-refractivity contribution in [3.63, 3.8) is 0 Å². The summed E-state index contributed by atoms with van der Waals surface area (Å²) in [6.45, 7) is 7.12. The molecule has 0 radical (unpaired) electrons. The third-order valence-corrected chi connectivity index (χ3v) is 2.69. The number of nitrogens with one attached hydrogen (secondary N) is 2. The van der Waals surface area contributed by atoms with E-state index in [1.54, 1.807) is 0 Å². The molecule has 0 aliphatic heterocycles. The summed E-state index contributed by atoms with van der Waals surface area (Å²) in [6, 6.07) is 5.77. The molecule has 19 heavy (non-hydrogen) atoms. The zero-order valence-electron chi connectivity index (χ0n) is 11.9. The molecule has 2 N–H and O–H groups in total. The molecule has 0 fully saturated rings. The Balaban J connectivity index is 2.32.